The number of aryl methyl sites for hydroxylation is 2. The van der Waals surface area contributed by atoms with E-state index in [2.05, 4.69) is 54.2 Å². The summed E-state index contributed by atoms with van der Waals surface area (Å²) >= 11 is 5.11. The first kappa shape index (κ1) is 15.9. The Bertz CT molecular complexity index is 515. The Morgan fingerprint density at radius 1 is 1.40 bits per heavy atom. The van der Waals surface area contributed by atoms with Gasteiger partial charge in [-0.2, -0.15) is 0 Å². The Kier molecular flexibility index (Phi) is 5.15. The molecule has 0 aliphatic carbocycles. The highest BCUT2D eigenvalue weighted by Gasteiger charge is 2.33. The minimum Gasteiger partial charge on any atom is -0.380 e. The van der Waals surface area contributed by atoms with E-state index in [1.807, 2.05) is 0 Å². The lowest BCUT2D eigenvalue weighted by atomic mass is 9.89. The number of benzene rings is 1. The maximum atomic E-state index is 11.9. The molecule has 0 aromatic heterocycles. The lowest BCUT2D eigenvalue weighted by Gasteiger charge is -2.38. The van der Waals surface area contributed by atoms with Crippen LogP contribution in [0.4, 0.5) is 0 Å². The van der Waals surface area contributed by atoms with Crippen LogP contribution in [0.25, 0.3) is 0 Å². The molecule has 1 aromatic rings. The van der Waals surface area contributed by atoms with Crippen molar-refractivity contribution in [3.05, 3.63) is 27.7 Å². The first-order valence-electron chi connectivity index (χ1n) is 6.64. The molecule has 0 atom stereocenters. The SMILES string of the molecule is Cc1cc(SCC(=O)NCC2(C)COC2)c(C)cc1Br. The second kappa shape index (κ2) is 6.50. The van der Waals surface area contributed by atoms with Crippen molar-refractivity contribution < 1.29 is 9.53 Å². The molecule has 1 aliphatic rings. The monoisotopic (exact) mass is 357 g/mol. The molecule has 110 valence electrons. The smallest absolute Gasteiger partial charge is 0.230 e. The summed E-state index contributed by atoms with van der Waals surface area (Å²) < 4.78 is 6.29. The zero-order valence-electron chi connectivity index (χ0n) is 12.1. The van der Waals surface area contributed by atoms with Gasteiger partial charge in [-0.15, -0.1) is 11.8 Å². The first-order valence-corrected chi connectivity index (χ1v) is 8.41. The van der Waals surface area contributed by atoms with Gasteiger partial charge in [-0.05, 0) is 37.1 Å². The topological polar surface area (TPSA) is 38.3 Å². The Morgan fingerprint density at radius 2 is 2.10 bits per heavy atom. The van der Waals surface area contributed by atoms with Crippen molar-refractivity contribution in [3.8, 4) is 0 Å². The van der Waals surface area contributed by atoms with E-state index >= 15 is 0 Å². The van der Waals surface area contributed by atoms with Crippen LogP contribution in [0.3, 0.4) is 0 Å². The number of hydrogen-bond acceptors (Lipinski definition) is 3. The van der Waals surface area contributed by atoms with Crippen molar-refractivity contribution in [1.29, 1.82) is 0 Å². The molecule has 1 saturated heterocycles. The van der Waals surface area contributed by atoms with E-state index in [4.69, 9.17) is 4.74 Å². The molecule has 2 rings (SSSR count). The van der Waals surface area contributed by atoms with Crippen molar-refractivity contribution in [2.45, 2.75) is 25.7 Å². The van der Waals surface area contributed by atoms with Gasteiger partial charge in [0.1, 0.15) is 0 Å². The van der Waals surface area contributed by atoms with Crippen molar-refractivity contribution >= 4 is 33.6 Å². The highest BCUT2D eigenvalue weighted by atomic mass is 79.9. The number of nitrogens with one attached hydrogen (secondary N) is 1. The lowest BCUT2D eigenvalue weighted by molar-refractivity contribution is -0.124. The fraction of sp³-hybridized carbons (Fsp3) is 0.533. The van der Waals surface area contributed by atoms with E-state index in [1.165, 1.54) is 16.0 Å². The number of halogens is 1. The Labute approximate surface area is 133 Å². The third-order valence-electron chi connectivity index (χ3n) is 3.43. The van der Waals surface area contributed by atoms with E-state index in [0.717, 1.165) is 17.7 Å². The van der Waals surface area contributed by atoms with E-state index in [1.54, 1.807) is 11.8 Å². The molecule has 3 nitrogen and oxygen atoms in total. The van der Waals surface area contributed by atoms with E-state index in [0.29, 0.717) is 12.3 Å². The zero-order valence-corrected chi connectivity index (χ0v) is 14.5. The molecular weight excluding hydrogens is 338 g/mol. The average molecular weight is 358 g/mol. The molecule has 0 saturated carbocycles. The fourth-order valence-corrected chi connectivity index (χ4v) is 3.36. The highest BCUT2D eigenvalue weighted by Crippen LogP contribution is 2.28. The second-order valence-electron chi connectivity index (χ2n) is 5.74. The van der Waals surface area contributed by atoms with Gasteiger partial charge in [0.2, 0.25) is 5.91 Å². The van der Waals surface area contributed by atoms with Gasteiger partial charge >= 0.3 is 0 Å². The molecule has 1 aliphatic heterocycles. The summed E-state index contributed by atoms with van der Waals surface area (Å²) in [6.45, 7) is 8.44. The Balaban J connectivity index is 1.82. The minimum atomic E-state index is 0.0862. The second-order valence-corrected chi connectivity index (χ2v) is 7.61. The molecule has 0 radical (unpaired) electrons. The highest BCUT2D eigenvalue weighted by molar-refractivity contribution is 9.10. The van der Waals surface area contributed by atoms with E-state index < -0.39 is 0 Å². The molecule has 0 spiro atoms. The lowest BCUT2D eigenvalue weighted by Crippen LogP contribution is -2.48. The maximum Gasteiger partial charge on any atom is 0.230 e. The van der Waals surface area contributed by atoms with Gasteiger partial charge in [-0.3, -0.25) is 4.79 Å². The molecule has 0 bridgehead atoms. The molecular formula is C15H20BrNO2S. The largest absolute Gasteiger partial charge is 0.380 e. The first-order chi connectivity index (χ1) is 9.39. The molecule has 1 heterocycles. The van der Waals surface area contributed by atoms with Crippen LogP contribution in [0, 0.1) is 19.3 Å². The number of amides is 1. The number of rotatable bonds is 5. The predicted molar refractivity (Wildman–Crippen MR) is 86.3 cm³/mol. The van der Waals surface area contributed by atoms with Crippen molar-refractivity contribution in [2.24, 2.45) is 5.41 Å². The molecule has 1 N–H and O–H groups in total. The van der Waals surface area contributed by atoms with Crippen molar-refractivity contribution in [1.82, 2.24) is 5.32 Å². The number of carbonyl (C=O) groups excluding carboxylic acids is 1. The molecule has 1 aromatic carbocycles. The number of hydrogen-bond donors (Lipinski definition) is 1. The summed E-state index contributed by atoms with van der Waals surface area (Å²) in [7, 11) is 0. The molecule has 5 heteroatoms. The van der Waals surface area contributed by atoms with E-state index in [9.17, 15) is 4.79 Å². The summed E-state index contributed by atoms with van der Waals surface area (Å²) in [6.07, 6.45) is 0. The van der Waals surface area contributed by atoms with Gasteiger partial charge in [-0.1, -0.05) is 22.9 Å². The summed E-state index contributed by atoms with van der Waals surface area (Å²) in [5.41, 5.74) is 2.52. The van der Waals surface area contributed by atoms with Crippen LogP contribution in [-0.2, 0) is 9.53 Å². The molecule has 0 unspecified atom stereocenters. The van der Waals surface area contributed by atoms with Gasteiger partial charge in [0, 0.05) is 21.3 Å². The molecule has 20 heavy (non-hydrogen) atoms. The van der Waals surface area contributed by atoms with Crippen LogP contribution < -0.4 is 5.32 Å². The van der Waals surface area contributed by atoms with Crippen molar-refractivity contribution in [2.75, 3.05) is 25.5 Å². The normalized spacial score (nSPS) is 16.6. The maximum absolute atomic E-state index is 11.9. The van der Waals surface area contributed by atoms with Crippen LogP contribution in [0.5, 0.6) is 0 Å². The minimum absolute atomic E-state index is 0.0862. The van der Waals surface area contributed by atoms with Crippen LogP contribution >= 0.6 is 27.7 Å². The molecule has 1 amide bonds. The van der Waals surface area contributed by atoms with Gasteiger partial charge < -0.3 is 10.1 Å². The Morgan fingerprint density at radius 3 is 2.70 bits per heavy atom. The summed E-state index contributed by atoms with van der Waals surface area (Å²) in [6, 6.07) is 4.22. The number of thioether (sulfide) groups is 1. The number of carbonyl (C=O) groups is 1. The van der Waals surface area contributed by atoms with Crippen LogP contribution in [0.2, 0.25) is 0 Å². The predicted octanol–water partition coefficient (Wildman–Crippen LogP) is 3.31. The summed E-state index contributed by atoms with van der Waals surface area (Å²) in [5, 5.41) is 2.99. The van der Waals surface area contributed by atoms with Crippen LogP contribution in [-0.4, -0.2) is 31.4 Å². The standard InChI is InChI=1S/C15H20BrNO2S/c1-10-5-13(11(2)4-12(10)16)20-6-14(18)17-7-15(3)8-19-9-15/h4-5H,6-9H2,1-3H3,(H,17,18). The zero-order chi connectivity index (χ0) is 14.8. The summed E-state index contributed by atoms with van der Waals surface area (Å²) in [4.78, 5) is 13.0. The quantitative estimate of drug-likeness (QED) is 0.821. The third kappa shape index (κ3) is 3.99. The van der Waals surface area contributed by atoms with Gasteiger partial charge in [0.15, 0.2) is 0 Å². The fourth-order valence-electron chi connectivity index (χ4n) is 1.97. The van der Waals surface area contributed by atoms with Crippen molar-refractivity contribution in [3.63, 3.8) is 0 Å². The van der Waals surface area contributed by atoms with Gasteiger partial charge in [0.05, 0.1) is 19.0 Å². The van der Waals surface area contributed by atoms with Gasteiger partial charge in [0.25, 0.3) is 0 Å². The molecule has 1 fully saturated rings. The van der Waals surface area contributed by atoms with Crippen LogP contribution in [0.1, 0.15) is 18.1 Å². The average Bonchev–Trinajstić information content (AvgIpc) is 2.37. The number of ether oxygens (including phenoxy) is 1. The van der Waals surface area contributed by atoms with Gasteiger partial charge in [-0.25, -0.2) is 0 Å². The summed E-state index contributed by atoms with van der Waals surface area (Å²) in [5.74, 6) is 0.543. The van der Waals surface area contributed by atoms with E-state index in [-0.39, 0.29) is 11.3 Å². The third-order valence-corrected chi connectivity index (χ3v) is 5.44. The van der Waals surface area contributed by atoms with Crippen LogP contribution in [0.15, 0.2) is 21.5 Å². The Hall–Kier alpha value is -0.520.